The Balaban J connectivity index is 1.46. The highest BCUT2D eigenvalue weighted by atomic mass is 32.1. The number of morpholine rings is 1. The number of fused-ring (bicyclic) bond motifs is 2. The monoisotopic (exact) mass is 476 g/mol. The number of thiocarbonyl (C=S) groups is 1. The summed E-state index contributed by atoms with van der Waals surface area (Å²) >= 11 is 5.69. The van der Waals surface area contributed by atoms with E-state index in [0.29, 0.717) is 35.3 Å². The van der Waals surface area contributed by atoms with Crippen molar-refractivity contribution in [3.05, 3.63) is 34.1 Å². The van der Waals surface area contributed by atoms with Gasteiger partial charge in [-0.05, 0) is 37.2 Å². The van der Waals surface area contributed by atoms with Crippen molar-refractivity contribution >= 4 is 28.2 Å². The number of nitrogens with zero attached hydrogens (tertiary/aromatic N) is 2. The van der Waals surface area contributed by atoms with Gasteiger partial charge in [-0.25, -0.2) is 0 Å². The molecule has 2 N–H and O–H groups in total. The maximum Gasteiger partial charge on any atom is 0.253 e. The Labute approximate surface area is 198 Å². The number of pyridine rings is 1. The summed E-state index contributed by atoms with van der Waals surface area (Å²) < 4.78 is 21.5. The Morgan fingerprint density at radius 2 is 2.00 bits per heavy atom. The summed E-state index contributed by atoms with van der Waals surface area (Å²) in [6, 6.07) is 5.63. The molecule has 4 rings (SSSR count). The van der Waals surface area contributed by atoms with E-state index in [1.54, 1.807) is 7.11 Å². The number of aromatic amines is 1. The predicted octanol–water partition coefficient (Wildman–Crippen LogP) is 1.69. The molecule has 9 nitrogen and oxygen atoms in total. The molecule has 1 aromatic heterocycles. The van der Waals surface area contributed by atoms with Crippen LogP contribution in [0, 0.1) is 0 Å². The minimum Gasteiger partial charge on any atom is -0.454 e. The van der Waals surface area contributed by atoms with Crippen molar-refractivity contribution in [3.63, 3.8) is 0 Å². The number of aromatic nitrogens is 1. The molecule has 2 aliphatic rings. The van der Waals surface area contributed by atoms with E-state index in [1.807, 2.05) is 18.2 Å². The van der Waals surface area contributed by atoms with Gasteiger partial charge in [-0.3, -0.25) is 9.69 Å². The molecular formula is C23H32N4O5S. The third kappa shape index (κ3) is 6.35. The molecule has 0 amide bonds. The molecule has 1 fully saturated rings. The number of hydrogen-bond donors (Lipinski definition) is 2. The van der Waals surface area contributed by atoms with Crippen molar-refractivity contribution in [1.82, 2.24) is 20.1 Å². The van der Waals surface area contributed by atoms with Crippen LogP contribution in [0.3, 0.4) is 0 Å². The zero-order valence-corrected chi connectivity index (χ0v) is 19.9. The van der Waals surface area contributed by atoms with Crippen LogP contribution in [-0.2, 0) is 16.0 Å². The van der Waals surface area contributed by atoms with Gasteiger partial charge >= 0.3 is 0 Å². The summed E-state index contributed by atoms with van der Waals surface area (Å²) in [5.74, 6) is 1.34. The molecule has 1 saturated heterocycles. The molecule has 2 aliphatic heterocycles. The van der Waals surface area contributed by atoms with E-state index in [-0.39, 0.29) is 12.4 Å². The SMILES string of the molecule is COCCCNC(=S)N(CCCN1CCOCC1)Cc1cc2cc3c(cc2[nH]c1=O)OCO3. The van der Waals surface area contributed by atoms with Crippen LogP contribution in [0.25, 0.3) is 10.9 Å². The van der Waals surface area contributed by atoms with Crippen LogP contribution in [0.1, 0.15) is 18.4 Å². The molecule has 0 spiro atoms. The van der Waals surface area contributed by atoms with Crippen molar-refractivity contribution in [1.29, 1.82) is 0 Å². The van der Waals surface area contributed by atoms with Gasteiger partial charge in [-0.1, -0.05) is 0 Å². The molecule has 0 bridgehead atoms. The van der Waals surface area contributed by atoms with Crippen molar-refractivity contribution in [3.8, 4) is 11.5 Å². The fourth-order valence-corrected chi connectivity index (χ4v) is 4.31. The summed E-state index contributed by atoms with van der Waals surface area (Å²) in [5, 5.41) is 4.87. The van der Waals surface area contributed by atoms with Gasteiger partial charge in [0.2, 0.25) is 6.79 Å². The van der Waals surface area contributed by atoms with Crippen LogP contribution in [0.5, 0.6) is 11.5 Å². The molecule has 3 heterocycles. The fourth-order valence-electron chi connectivity index (χ4n) is 4.05. The zero-order valence-electron chi connectivity index (χ0n) is 19.1. The van der Waals surface area contributed by atoms with Crippen LogP contribution in [-0.4, -0.2) is 86.3 Å². The van der Waals surface area contributed by atoms with Crippen molar-refractivity contribution < 1.29 is 18.9 Å². The molecule has 1 aromatic carbocycles. The molecule has 0 aliphatic carbocycles. The Morgan fingerprint density at radius 1 is 1.21 bits per heavy atom. The summed E-state index contributed by atoms with van der Waals surface area (Å²) in [6.07, 6.45) is 1.81. The number of H-pyrrole nitrogens is 1. The third-order valence-electron chi connectivity index (χ3n) is 5.87. The van der Waals surface area contributed by atoms with Crippen LogP contribution >= 0.6 is 12.2 Å². The van der Waals surface area contributed by atoms with E-state index in [0.717, 1.165) is 69.7 Å². The standard InChI is InChI=1S/C23H32N4O5S/c1-29-9-2-4-24-23(33)27(6-3-5-26-7-10-30-11-8-26)15-18-12-17-13-20-21(32-16-31-20)14-19(17)25-22(18)28/h12-14H,2-11,15-16H2,1H3,(H,24,33)(H,25,28). The van der Waals surface area contributed by atoms with Crippen molar-refractivity contribution in [2.45, 2.75) is 19.4 Å². The second kappa shape index (κ2) is 11.6. The van der Waals surface area contributed by atoms with Crippen LogP contribution in [0.2, 0.25) is 0 Å². The maximum absolute atomic E-state index is 12.9. The summed E-state index contributed by atoms with van der Waals surface area (Å²) in [5.41, 5.74) is 1.27. The number of ether oxygens (including phenoxy) is 4. The molecule has 10 heteroatoms. The molecular weight excluding hydrogens is 444 g/mol. The number of rotatable bonds is 10. The van der Waals surface area contributed by atoms with Crippen LogP contribution in [0.15, 0.2) is 23.0 Å². The van der Waals surface area contributed by atoms with Gasteiger partial charge in [-0.2, -0.15) is 0 Å². The Hall–Kier alpha value is -2.40. The number of nitrogens with one attached hydrogen (secondary N) is 2. The van der Waals surface area contributed by atoms with Gasteiger partial charge in [0, 0.05) is 63.5 Å². The van der Waals surface area contributed by atoms with E-state index < -0.39 is 0 Å². The van der Waals surface area contributed by atoms with E-state index in [1.165, 1.54) is 0 Å². The van der Waals surface area contributed by atoms with Crippen molar-refractivity contribution in [2.75, 3.05) is 66.4 Å². The lowest BCUT2D eigenvalue weighted by atomic mass is 10.1. The Morgan fingerprint density at radius 3 is 2.79 bits per heavy atom. The predicted molar refractivity (Wildman–Crippen MR) is 130 cm³/mol. The lowest BCUT2D eigenvalue weighted by molar-refractivity contribution is 0.0367. The van der Waals surface area contributed by atoms with Crippen LogP contribution < -0.4 is 20.3 Å². The molecule has 180 valence electrons. The average Bonchev–Trinajstić information content (AvgIpc) is 3.28. The lowest BCUT2D eigenvalue weighted by Crippen LogP contribution is -2.43. The van der Waals surface area contributed by atoms with Gasteiger partial charge in [0.05, 0.1) is 25.3 Å². The van der Waals surface area contributed by atoms with E-state index in [4.69, 9.17) is 31.2 Å². The first-order valence-corrected chi connectivity index (χ1v) is 11.8. The number of hydrogen-bond acceptors (Lipinski definition) is 7. The normalized spacial score (nSPS) is 15.7. The molecule has 33 heavy (non-hydrogen) atoms. The first-order valence-electron chi connectivity index (χ1n) is 11.4. The molecule has 0 saturated carbocycles. The quantitative estimate of drug-likeness (QED) is 0.393. The minimum absolute atomic E-state index is 0.123. The van der Waals surface area contributed by atoms with Gasteiger partial charge in [0.1, 0.15) is 0 Å². The second-order valence-corrected chi connectivity index (χ2v) is 8.61. The van der Waals surface area contributed by atoms with E-state index >= 15 is 0 Å². The molecule has 0 unspecified atom stereocenters. The average molecular weight is 477 g/mol. The minimum atomic E-state index is -0.123. The Kier molecular flexibility index (Phi) is 8.38. The highest BCUT2D eigenvalue weighted by Crippen LogP contribution is 2.35. The Bertz CT molecular complexity index is 1010. The largest absolute Gasteiger partial charge is 0.454 e. The maximum atomic E-state index is 12.9. The summed E-state index contributed by atoms with van der Waals surface area (Å²) in [6.45, 7) is 7.25. The van der Waals surface area contributed by atoms with Gasteiger partial charge in [0.15, 0.2) is 16.6 Å². The van der Waals surface area contributed by atoms with Gasteiger partial charge in [0.25, 0.3) is 5.56 Å². The van der Waals surface area contributed by atoms with Crippen LogP contribution in [0.4, 0.5) is 0 Å². The number of methoxy groups -OCH3 is 1. The van der Waals surface area contributed by atoms with Gasteiger partial charge in [-0.15, -0.1) is 0 Å². The lowest BCUT2D eigenvalue weighted by Gasteiger charge is -2.29. The molecule has 0 radical (unpaired) electrons. The van der Waals surface area contributed by atoms with Gasteiger partial charge < -0.3 is 34.1 Å². The van der Waals surface area contributed by atoms with E-state index in [9.17, 15) is 4.79 Å². The fraction of sp³-hybridized carbons (Fsp3) is 0.565. The zero-order chi connectivity index (χ0) is 23.0. The molecule has 2 aromatic rings. The highest BCUT2D eigenvalue weighted by molar-refractivity contribution is 7.80. The van der Waals surface area contributed by atoms with Crippen molar-refractivity contribution in [2.24, 2.45) is 0 Å². The smallest absolute Gasteiger partial charge is 0.253 e. The number of benzene rings is 1. The second-order valence-electron chi connectivity index (χ2n) is 8.22. The first-order chi connectivity index (χ1) is 16.1. The summed E-state index contributed by atoms with van der Waals surface area (Å²) in [7, 11) is 1.69. The van der Waals surface area contributed by atoms with E-state index in [2.05, 4.69) is 20.1 Å². The molecule has 0 atom stereocenters. The first kappa shape index (κ1) is 23.7. The highest BCUT2D eigenvalue weighted by Gasteiger charge is 2.18. The summed E-state index contributed by atoms with van der Waals surface area (Å²) in [4.78, 5) is 20.3. The third-order valence-corrected chi connectivity index (χ3v) is 6.27. The topological polar surface area (TPSA) is 88.3 Å².